The second-order valence-corrected chi connectivity index (χ2v) is 6.59. The number of rotatable bonds is 16. The van der Waals surface area contributed by atoms with Gasteiger partial charge in [-0.2, -0.15) is 0 Å². The molecule has 0 aliphatic heterocycles. The summed E-state index contributed by atoms with van der Waals surface area (Å²) < 4.78 is 0. The molecule has 0 fully saturated rings. The maximum Gasteiger partial charge on any atom is -0.0417 e. The Morgan fingerprint density at radius 2 is 1.05 bits per heavy atom. The molecule has 0 aromatic carbocycles. The zero-order chi connectivity index (χ0) is 14.9. The first-order valence-electron chi connectivity index (χ1n) is 9.64. The summed E-state index contributed by atoms with van der Waals surface area (Å²) in [5.74, 6) is 1.02. The van der Waals surface area contributed by atoms with Crippen molar-refractivity contribution in [2.24, 2.45) is 5.92 Å². The van der Waals surface area contributed by atoms with Crippen LogP contribution in [0.1, 0.15) is 117 Å². The van der Waals surface area contributed by atoms with Gasteiger partial charge in [-0.15, -0.1) is 0 Å². The van der Waals surface area contributed by atoms with Crippen molar-refractivity contribution >= 4 is 0 Å². The Morgan fingerprint density at radius 1 is 0.600 bits per heavy atom. The normalized spacial score (nSPS) is 12.8. The molecule has 0 saturated carbocycles. The fourth-order valence-corrected chi connectivity index (χ4v) is 3.07. The Morgan fingerprint density at radius 3 is 1.50 bits per heavy atom. The molecule has 0 heterocycles. The standard InChI is InChI=1S/C20H41/c1-4-7-9-10-11-12-13-14-15-16-17-19-20(6-3)18-8-5-2/h20H,1,4-19H2,2-3H3. The fourth-order valence-electron chi connectivity index (χ4n) is 3.07. The molecule has 0 rings (SSSR count). The summed E-state index contributed by atoms with van der Waals surface area (Å²) in [6, 6.07) is 0. The highest BCUT2D eigenvalue weighted by atomic mass is 14.1. The first-order chi connectivity index (χ1) is 9.85. The maximum atomic E-state index is 3.90. The molecule has 0 heteroatoms. The molecule has 121 valence electrons. The highest BCUT2D eigenvalue weighted by molar-refractivity contribution is 4.58. The van der Waals surface area contributed by atoms with Crippen molar-refractivity contribution in [3.63, 3.8) is 0 Å². The van der Waals surface area contributed by atoms with Gasteiger partial charge in [0.05, 0.1) is 0 Å². The average Bonchev–Trinajstić information content (AvgIpc) is 2.48. The lowest BCUT2D eigenvalue weighted by Gasteiger charge is -2.13. The quantitative estimate of drug-likeness (QED) is 0.254. The van der Waals surface area contributed by atoms with Gasteiger partial charge in [0, 0.05) is 0 Å². The third kappa shape index (κ3) is 14.4. The molecule has 0 spiro atoms. The molecule has 0 N–H and O–H groups in total. The SMILES string of the molecule is [CH2]CCCCCCCCCCCCC(CC)CCCC. The van der Waals surface area contributed by atoms with Gasteiger partial charge in [-0.3, -0.25) is 0 Å². The summed E-state index contributed by atoms with van der Waals surface area (Å²) in [4.78, 5) is 0. The van der Waals surface area contributed by atoms with E-state index in [1.807, 2.05) is 0 Å². The summed E-state index contributed by atoms with van der Waals surface area (Å²) in [7, 11) is 0. The van der Waals surface area contributed by atoms with E-state index in [2.05, 4.69) is 20.8 Å². The Balaban J connectivity index is 3.15. The topological polar surface area (TPSA) is 0 Å². The average molecular weight is 282 g/mol. The Kier molecular flexibility index (Phi) is 17.1. The van der Waals surface area contributed by atoms with Gasteiger partial charge in [0.15, 0.2) is 0 Å². The summed E-state index contributed by atoms with van der Waals surface area (Å²) in [5.41, 5.74) is 0. The van der Waals surface area contributed by atoms with Crippen LogP contribution < -0.4 is 0 Å². The highest BCUT2D eigenvalue weighted by Crippen LogP contribution is 2.20. The van der Waals surface area contributed by atoms with Crippen molar-refractivity contribution in [1.29, 1.82) is 0 Å². The zero-order valence-corrected chi connectivity index (χ0v) is 14.6. The molecule has 1 atom stereocenters. The number of hydrogen-bond donors (Lipinski definition) is 0. The Labute approximate surface area is 130 Å². The van der Waals surface area contributed by atoms with Gasteiger partial charge < -0.3 is 0 Å². The van der Waals surface area contributed by atoms with Crippen LogP contribution in [0.15, 0.2) is 0 Å². The van der Waals surface area contributed by atoms with E-state index >= 15 is 0 Å². The van der Waals surface area contributed by atoms with Crippen LogP contribution in [0.3, 0.4) is 0 Å². The predicted molar refractivity (Wildman–Crippen MR) is 94.1 cm³/mol. The van der Waals surface area contributed by atoms with E-state index in [4.69, 9.17) is 0 Å². The zero-order valence-electron chi connectivity index (χ0n) is 14.6. The molecular formula is C20H41. The molecule has 0 saturated heterocycles. The Bertz CT molecular complexity index is 161. The van der Waals surface area contributed by atoms with Crippen molar-refractivity contribution in [1.82, 2.24) is 0 Å². The van der Waals surface area contributed by atoms with Gasteiger partial charge in [-0.1, -0.05) is 124 Å². The lowest BCUT2D eigenvalue weighted by molar-refractivity contribution is 0.399. The minimum absolute atomic E-state index is 1.02. The third-order valence-electron chi connectivity index (χ3n) is 4.66. The predicted octanol–water partition coefficient (Wildman–Crippen LogP) is 7.72. The second-order valence-electron chi connectivity index (χ2n) is 6.59. The number of unbranched alkanes of at least 4 members (excludes halogenated alkanes) is 11. The van der Waals surface area contributed by atoms with Crippen molar-refractivity contribution in [3.8, 4) is 0 Å². The van der Waals surface area contributed by atoms with E-state index in [-0.39, 0.29) is 0 Å². The van der Waals surface area contributed by atoms with Crippen molar-refractivity contribution < 1.29 is 0 Å². The minimum Gasteiger partial charge on any atom is -0.0654 e. The van der Waals surface area contributed by atoms with Gasteiger partial charge in [0.2, 0.25) is 0 Å². The molecule has 0 aliphatic carbocycles. The van der Waals surface area contributed by atoms with Crippen LogP contribution >= 0.6 is 0 Å². The minimum atomic E-state index is 1.02. The van der Waals surface area contributed by atoms with Crippen LogP contribution in [0.25, 0.3) is 0 Å². The van der Waals surface area contributed by atoms with Crippen LogP contribution in [-0.2, 0) is 0 Å². The van der Waals surface area contributed by atoms with Crippen LogP contribution in [0.5, 0.6) is 0 Å². The molecule has 0 aromatic rings. The monoisotopic (exact) mass is 281 g/mol. The fraction of sp³-hybridized carbons (Fsp3) is 0.950. The molecule has 1 radical (unpaired) electrons. The van der Waals surface area contributed by atoms with Crippen LogP contribution in [-0.4, -0.2) is 0 Å². The van der Waals surface area contributed by atoms with Crippen molar-refractivity contribution in [2.75, 3.05) is 0 Å². The molecule has 20 heavy (non-hydrogen) atoms. The summed E-state index contributed by atoms with van der Waals surface area (Å²) in [6.07, 6.45) is 22.7. The van der Waals surface area contributed by atoms with Crippen LogP contribution in [0.4, 0.5) is 0 Å². The molecule has 0 bridgehead atoms. The first kappa shape index (κ1) is 20.0. The molecule has 0 aromatic heterocycles. The van der Waals surface area contributed by atoms with Gasteiger partial charge in [-0.05, 0) is 5.92 Å². The Hall–Kier alpha value is 0. The van der Waals surface area contributed by atoms with E-state index in [9.17, 15) is 0 Å². The molecular weight excluding hydrogens is 240 g/mol. The van der Waals surface area contributed by atoms with Gasteiger partial charge in [0.25, 0.3) is 0 Å². The maximum absolute atomic E-state index is 3.90. The summed E-state index contributed by atoms with van der Waals surface area (Å²) in [6.45, 7) is 8.58. The molecule has 0 amide bonds. The lowest BCUT2D eigenvalue weighted by atomic mass is 9.93. The largest absolute Gasteiger partial charge is 0.0654 e. The molecule has 0 nitrogen and oxygen atoms in total. The summed E-state index contributed by atoms with van der Waals surface area (Å²) in [5, 5.41) is 0. The van der Waals surface area contributed by atoms with E-state index < -0.39 is 0 Å². The van der Waals surface area contributed by atoms with Gasteiger partial charge in [-0.25, -0.2) is 0 Å². The molecule has 1 unspecified atom stereocenters. The van der Waals surface area contributed by atoms with E-state index in [1.54, 1.807) is 0 Å². The van der Waals surface area contributed by atoms with Gasteiger partial charge in [0.1, 0.15) is 0 Å². The smallest absolute Gasteiger partial charge is 0.0417 e. The van der Waals surface area contributed by atoms with Crippen molar-refractivity contribution in [3.05, 3.63) is 6.92 Å². The summed E-state index contributed by atoms with van der Waals surface area (Å²) >= 11 is 0. The van der Waals surface area contributed by atoms with Gasteiger partial charge >= 0.3 is 0 Å². The highest BCUT2D eigenvalue weighted by Gasteiger charge is 2.04. The van der Waals surface area contributed by atoms with Crippen LogP contribution in [0.2, 0.25) is 0 Å². The van der Waals surface area contributed by atoms with E-state index in [0.29, 0.717) is 0 Å². The number of hydrogen-bond acceptors (Lipinski definition) is 0. The van der Waals surface area contributed by atoms with Crippen LogP contribution in [0, 0.1) is 12.8 Å². The van der Waals surface area contributed by atoms with E-state index in [0.717, 1.165) is 12.3 Å². The van der Waals surface area contributed by atoms with E-state index in [1.165, 1.54) is 96.3 Å². The third-order valence-corrected chi connectivity index (χ3v) is 4.66. The molecule has 0 aliphatic rings. The van der Waals surface area contributed by atoms with Crippen molar-refractivity contribution in [2.45, 2.75) is 117 Å². The second kappa shape index (κ2) is 17.1. The lowest BCUT2D eigenvalue weighted by Crippen LogP contribution is -1.98. The first-order valence-corrected chi connectivity index (χ1v) is 9.64.